The predicted octanol–water partition coefficient (Wildman–Crippen LogP) is 1.29. The first-order valence-electron chi connectivity index (χ1n) is 7.45. The normalized spacial score (nSPS) is 25.7. The summed E-state index contributed by atoms with van der Waals surface area (Å²) in [5.41, 5.74) is 1.16. The number of nitrogens with one attached hydrogen (secondary N) is 1. The lowest BCUT2D eigenvalue weighted by Crippen LogP contribution is -2.44. The predicted molar refractivity (Wildman–Crippen MR) is 78.1 cm³/mol. The Morgan fingerprint density at radius 3 is 3.00 bits per heavy atom. The minimum atomic E-state index is -0.435. The highest BCUT2D eigenvalue weighted by Crippen LogP contribution is 2.34. The Morgan fingerprint density at radius 2 is 2.14 bits per heavy atom. The van der Waals surface area contributed by atoms with E-state index in [2.05, 4.69) is 11.4 Å². The number of hydrogen-bond acceptors (Lipinski definition) is 3. The van der Waals surface area contributed by atoms with Crippen molar-refractivity contribution in [3.8, 4) is 5.75 Å². The number of ether oxygens (including phenoxy) is 1. The number of para-hydroxylation sites is 1. The molecule has 0 bridgehead atoms. The van der Waals surface area contributed by atoms with Gasteiger partial charge in [0.2, 0.25) is 11.8 Å². The smallest absolute Gasteiger partial charge is 0.244 e. The number of carbonyl (C=O) groups excluding carboxylic acids is 2. The zero-order chi connectivity index (χ0) is 14.8. The summed E-state index contributed by atoms with van der Waals surface area (Å²) >= 11 is 0. The summed E-state index contributed by atoms with van der Waals surface area (Å²) in [5, 5.41) is 2.72. The van der Waals surface area contributed by atoms with Crippen LogP contribution in [0, 0.1) is 0 Å². The van der Waals surface area contributed by atoms with Gasteiger partial charge in [0, 0.05) is 25.4 Å². The second-order valence-electron chi connectivity index (χ2n) is 5.70. The van der Waals surface area contributed by atoms with E-state index in [0.717, 1.165) is 17.7 Å². The van der Waals surface area contributed by atoms with E-state index in [-0.39, 0.29) is 17.7 Å². The molecule has 0 spiro atoms. The van der Waals surface area contributed by atoms with Crippen LogP contribution < -0.4 is 10.1 Å². The molecule has 2 unspecified atom stereocenters. The van der Waals surface area contributed by atoms with E-state index in [9.17, 15) is 9.59 Å². The van der Waals surface area contributed by atoms with Gasteiger partial charge in [0.1, 0.15) is 11.8 Å². The minimum absolute atomic E-state index is 0.00447. The Kier molecular flexibility index (Phi) is 3.82. The molecule has 112 valence electrons. The molecule has 3 rings (SSSR count). The van der Waals surface area contributed by atoms with Crippen molar-refractivity contribution in [3.05, 3.63) is 29.8 Å². The van der Waals surface area contributed by atoms with Gasteiger partial charge in [-0.25, -0.2) is 0 Å². The number of benzene rings is 1. The van der Waals surface area contributed by atoms with Crippen LogP contribution in [0.3, 0.4) is 0 Å². The van der Waals surface area contributed by atoms with Crippen molar-refractivity contribution in [2.45, 2.75) is 31.7 Å². The molecule has 5 heteroatoms. The maximum absolute atomic E-state index is 12.4. The molecule has 1 aromatic rings. The zero-order valence-corrected chi connectivity index (χ0v) is 12.2. The van der Waals surface area contributed by atoms with Crippen molar-refractivity contribution in [1.29, 1.82) is 0 Å². The van der Waals surface area contributed by atoms with Gasteiger partial charge in [-0.3, -0.25) is 9.59 Å². The number of hydrogen-bond donors (Lipinski definition) is 1. The Hall–Kier alpha value is -2.04. The maximum atomic E-state index is 12.4. The molecule has 0 saturated carbocycles. The van der Waals surface area contributed by atoms with E-state index in [4.69, 9.17) is 4.74 Å². The molecule has 2 atom stereocenters. The molecule has 1 fully saturated rings. The molecule has 1 N–H and O–H groups in total. The zero-order valence-electron chi connectivity index (χ0n) is 12.2. The fourth-order valence-corrected chi connectivity index (χ4v) is 3.05. The quantitative estimate of drug-likeness (QED) is 0.892. The number of amides is 2. The monoisotopic (exact) mass is 288 g/mol. The average molecular weight is 288 g/mol. The Bertz CT molecular complexity index is 558. The number of fused-ring (bicyclic) bond motifs is 1. The Labute approximate surface area is 124 Å². The fourth-order valence-electron chi connectivity index (χ4n) is 3.05. The first kappa shape index (κ1) is 13.9. The molecule has 1 saturated heterocycles. The standard InChI is InChI=1S/C16H20N2O3/c1-11-16(20)18(8-6-15(19)17-11)10-12-7-9-21-14-5-3-2-4-13(12)14/h2-5,11-12H,6-10H2,1H3,(H,17,19). The lowest BCUT2D eigenvalue weighted by molar-refractivity contribution is -0.133. The first-order valence-corrected chi connectivity index (χ1v) is 7.45. The van der Waals surface area contributed by atoms with Gasteiger partial charge < -0.3 is 15.0 Å². The number of nitrogens with zero attached hydrogens (tertiary/aromatic N) is 1. The molecule has 0 aromatic heterocycles. The van der Waals surface area contributed by atoms with E-state index in [1.807, 2.05) is 23.1 Å². The second-order valence-corrected chi connectivity index (χ2v) is 5.70. The molecular formula is C16H20N2O3. The minimum Gasteiger partial charge on any atom is -0.493 e. The lowest BCUT2D eigenvalue weighted by Gasteiger charge is -2.31. The molecule has 2 heterocycles. The lowest BCUT2D eigenvalue weighted by atomic mass is 9.92. The van der Waals surface area contributed by atoms with Crippen molar-refractivity contribution < 1.29 is 14.3 Å². The van der Waals surface area contributed by atoms with Crippen LogP contribution in [0.2, 0.25) is 0 Å². The first-order chi connectivity index (χ1) is 10.1. The van der Waals surface area contributed by atoms with Crippen LogP contribution in [0.15, 0.2) is 24.3 Å². The molecule has 2 amide bonds. The molecule has 0 radical (unpaired) electrons. The van der Waals surface area contributed by atoms with Gasteiger partial charge >= 0.3 is 0 Å². The SMILES string of the molecule is CC1NC(=O)CCN(CC2CCOc3ccccc32)C1=O. The molecule has 21 heavy (non-hydrogen) atoms. The molecule has 2 aliphatic heterocycles. The van der Waals surface area contributed by atoms with Crippen LogP contribution in [0.25, 0.3) is 0 Å². The third-order valence-corrected chi connectivity index (χ3v) is 4.19. The maximum Gasteiger partial charge on any atom is 0.244 e. The van der Waals surface area contributed by atoms with Crippen LogP contribution in [0.5, 0.6) is 5.75 Å². The molecule has 2 aliphatic rings. The van der Waals surface area contributed by atoms with Gasteiger partial charge in [-0.1, -0.05) is 18.2 Å². The molecular weight excluding hydrogens is 268 g/mol. The van der Waals surface area contributed by atoms with Crippen LogP contribution >= 0.6 is 0 Å². The summed E-state index contributed by atoms with van der Waals surface area (Å²) in [6.45, 7) is 3.57. The van der Waals surface area contributed by atoms with Crippen LogP contribution in [0.4, 0.5) is 0 Å². The fraction of sp³-hybridized carbons (Fsp3) is 0.500. The van der Waals surface area contributed by atoms with Crippen molar-refractivity contribution in [3.63, 3.8) is 0 Å². The molecule has 1 aromatic carbocycles. The summed E-state index contributed by atoms with van der Waals surface area (Å²) in [5.74, 6) is 1.15. The summed E-state index contributed by atoms with van der Waals surface area (Å²) in [6.07, 6.45) is 1.28. The van der Waals surface area contributed by atoms with Crippen LogP contribution in [-0.2, 0) is 9.59 Å². The number of carbonyl (C=O) groups is 2. The summed E-state index contributed by atoms with van der Waals surface area (Å²) < 4.78 is 5.66. The van der Waals surface area contributed by atoms with E-state index in [0.29, 0.717) is 26.1 Å². The largest absolute Gasteiger partial charge is 0.493 e. The van der Waals surface area contributed by atoms with Gasteiger partial charge in [-0.15, -0.1) is 0 Å². The van der Waals surface area contributed by atoms with Crippen LogP contribution in [-0.4, -0.2) is 42.5 Å². The summed E-state index contributed by atoms with van der Waals surface area (Å²) in [7, 11) is 0. The Balaban J connectivity index is 1.77. The van der Waals surface area contributed by atoms with Gasteiger partial charge in [-0.05, 0) is 25.0 Å². The van der Waals surface area contributed by atoms with Crippen molar-refractivity contribution in [1.82, 2.24) is 10.2 Å². The highest BCUT2D eigenvalue weighted by molar-refractivity contribution is 5.89. The topological polar surface area (TPSA) is 58.6 Å². The third-order valence-electron chi connectivity index (χ3n) is 4.19. The van der Waals surface area contributed by atoms with Crippen molar-refractivity contribution >= 4 is 11.8 Å². The Morgan fingerprint density at radius 1 is 1.33 bits per heavy atom. The summed E-state index contributed by atoms with van der Waals surface area (Å²) in [6, 6.07) is 7.56. The van der Waals surface area contributed by atoms with Crippen LogP contribution in [0.1, 0.15) is 31.2 Å². The van der Waals surface area contributed by atoms with E-state index in [1.54, 1.807) is 6.92 Å². The second kappa shape index (κ2) is 5.76. The number of rotatable bonds is 2. The van der Waals surface area contributed by atoms with Crippen molar-refractivity contribution in [2.24, 2.45) is 0 Å². The average Bonchev–Trinajstić information content (AvgIpc) is 2.61. The molecule has 0 aliphatic carbocycles. The highest BCUT2D eigenvalue weighted by Gasteiger charge is 2.30. The highest BCUT2D eigenvalue weighted by atomic mass is 16.5. The van der Waals surface area contributed by atoms with Gasteiger partial charge in [0.25, 0.3) is 0 Å². The third kappa shape index (κ3) is 2.86. The van der Waals surface area contributed by atoms with Gasteiger partial charge in [0.15, 0.2) is 0 Å². The van der Waals surface area contributed by atoms with Crippen molar-refractivity contribution in [2.75, 3.05) is 19.7 Å². The van der Waals surface area contributed by atoms with Gasteiger partial charge in [-0.2, -0.15) is 0 Å². The molecule has 5 nitrogen and oxygen atoms in total. The van der Waals surface area contributed by atoms with E-state index >= 15 is 0 Å². The van der Waals surface area contributed by atoms with Gasteiger partial charge in [0.05, 0.1) is 6.61 Å². The van der Waals surface area contributed by atoms with E-state index < -0.39 is 6.04 Å². The summed E-state index contributed by atoms with van der Waals surface area (Å²) in [4.78, 5) is 25.7. The van der Waals surface area contributed by atoms with E-state index in [1.165, 1.54) is 0 Å².